The average Bonchev–Trinajstić information content (AvgIpc) is 3.29. The molecule has 1 amide bonds. The molecule has 0 aliphatic rings. The molecule has 1 N–H and O–H groups in total. The number of carbonyl (C=O) groups is 2. The number of aryl methyl sites for hydroxylation is 1. The van der Waals surface area contributed by atoms with Crippen molar-refractivity contribution in [3.8, 4) is 5.75 Å². The summed E-state index contributed by atoms with van der Waals surface area (Å²) in [4.78, 5) is 25.0. The van der Waals surface area contributed by atoms with Crippen molar-refractivity contribution in [3.05, 3.63) is 107 Å². The number of fused-ring (bicyclic) bond motifs is 1. The van der Waals surface area contributed by atoms with Gasteiger partial charge in [-0.2, -0.15) is 0 Å². The van der Waals surface area contributed by atoms with Crippen LogP contribution in [0.2, 0.25) is 0 Å². The number of nitrogens with one attached hydrogen (secondary N) is 1. The number of amides is 1. The van der Waals surface area contributed by atoms with E-state index in [0.29, 0.717) is 25.5 Å². The molecule has 1 atom stereocenters. The summed E-state index contributed by atoms with van der Waals surface area (Å²) >= 11 is 0. The first-order valence-electron chi connectivity index (χ1n) is 12.9. The van der Waals surface area contributed by atoms with E-state index in [9.17, 15) is 9.59 Å². The van der Waals surface area contributed by atoms with Gasteiger partial charge < -0.3 is 19.4 Å². The summed E-state index contributed by atoms with van der Waals surface area (Å²) in [6.07, 6.45) is 5.79. The van der Waals surface area contributed by atoms with Gasteiger partial charge in [0.25, 0.3) is 0 Å². The maximum absolute atomic E-state index is 13.0. The van der Waals surface area contributed by atoms with E-state index < -0.39 is 12.0 Å². The molecule has 1 unspecified atom stereocenters. The van der Waals surface area contributed by atoms with Gasteiger partial charge in [-0.05, 0) is 62.6 Å². The first-order chi connectivity index (χ1) is 18.4. The number of carbonyl (C=O) groups excluding carboxylic acids is 2. The molecule has 0 aliphatic heterocycles. The highest BCUT2D eigenvalue weighted by molar-refractivity contribution is 5.96. The molecule has 196 valence electrons. The minimum Gasteiger partial charge on any atom is -0.489 e. The molecule has 0 aliphatic carbocycles. The smallest absolute Gasteiger partial charge is 0.330 e. The van der Waals surface area contributed by atoms with Crippen LogP contribution in [0.3, 0.4) is 0 Å². The quantitative estimate of drug-likeness (QED) is 0.198. The van der Waals surface area contributed by atoms with Crippen molar-refractivity contribution in [1.29, 1.82) is 0 Å². The van der Waals surface area contributed by atoms with Crippen LogP contribution in [0.1, 0.15) is 42.1 Å². The fourth-order valence-electron chi connectivity index (χ4n) is 4.25. The topological polar surface area (TPSA) is 69.6 Å². The second-order valence-electron chi connectivity index (χ2n) is 9.23. The van der Waals surface area contributed by atoms with Crippen LogP contribution in [0.25, 0.3) is 17.0 Å². The van der Waals surface area contributed by atoms with E-state index in [1.165, 1.54) is 17.2 Å². The number of rotatable bonds is 11. The third-order valence-electron chi connectivity index (χ3n) is 6.40. The third-order valence-corrected chi connectivity index (χ3v) is 6.40. The van der Waals surface area contributed by atoms with Crippen LogP contribution >= 0.6 is 0 Å². The number of esters is 1. The third kappa shape index (κ3) is 6.91. The van der Waals surface area contributed by atoms with Crippen molar-refractivity contribution in [2.24, 2.45) is 0 Å². The van der Waals surface area contributed by atoms with Crippen molar-refractivity contribution >= 4 is 28.9 Å². The molecule has 0 bridgehead atoms. The number of benzene rings is 3. The van der Waals surface area contributed by atoms with E-state index in [2.05, 4.69) is 48.6 Å². The molecule has 4 rings (SSSR count). The van der Waals surface area contributed by atoms with Crippen LogP contribution in [-0.4, -0.2) is 29.6 Å². The van der Waals surface area contributed by atoms with Gasteiger partial charge in [0, 0.05) is 35.3 Å². The van der Waals surface area contributed by atoms with Crippen molar-refractivity contribution in [3.63, 3.8) is 0 Å². The molecule has 1 aromatic heterocycles. The van der Waals surface area contributed by atoms with Gasteiger partial charge in [0.15, 0.2) is 0 Å². The van der Waals surface area contributed by atoms with Gasteiger partial charge in [-0.3, -0.25) is 4.79 Å². The maximum atomic E-state index is 13.0. The maximum Gasteiger partial charge on any atom is 0.330 e. The van der Waals surface area contributed by atoms with Gasteiger partial charge in [0.2, 0.25) is 5.91 Å². The lowest BCUT2D eigenvalue weighted by Crippen LogP contribution is -2.32. The summed E-state index contributed by atoms with van der Waals surface area (Å²) < 4.78 is 13.0. The summed E-state index contributed by atoms with van der Waals surface area (Å²) in [6.45, 7) is 7.01. The lowest BCUT2D eigenvalue weighted by Gasteiger charge is -2.16. The Bertz CT molecular complexity index is 1400. The summed E-state index contributed by atoms with van der Waals surface area (Å²) in [5.74, 6) is 0.229. The lowest BCUT2D eigenvalue weighted by molar-refractivity contribution is -0.137. The van der Waals surface area contributed by atoms with Gasteiger partial charge in [-0.25, -0.2) is 4.79 Å². The molecule has 0 spiro atoms. The number of hydrogen-bond donors (Lipinski definition) is 1. The van der Waals surface area contributed by atoms with Crippen LogP contribution in [0.5, 0.6) is 5.75 Å². The van der Waals surface area contributed by atoms with Crippen molar-refractivity contribution in [2.45, 2.75) is 39.8 Å². The van der Waals surface area contributed by atoms with E-state index in [0.717, 1.165) is 28.5 Å². The zero-order chi connectivity index (χ0) is 26.9. The second-order valence-corrected chi connectivity index (χ2v) is 9.23. The Morgan fingerprint density at radius 3 is 2.50 bits per heavy atom. The zero-order valence-electron chi connectivity index (χ0n) is 22.1. The second kappa shape index (κ2) is 12.8. The molecule has 6 nitrogen and oxygen atoms in total. The molecule has 0 radical (unpaired) electrons. The normalized spacial score (nSPS) is 12.0. The van der Waals surface area contributed by atoms with E-state index in [1.54, 1.807) is 13.0 Å². The molecule has 38 heavy (non-hydrogen) atoms. The van der Waals surface area contributed by atoms with E-state index in [4.69, 9.17) is 9.47 Å². The molecule has 4 aromatic rings. The molecule has 3 aromatic carbocycles. The van der Waals surface area contributed by atoms with E-state index in [-0.39, 0.29) is 5.91 Å². The summed E-state index contributed by atoms with van der Waals surface area (Å²) in [5.41, 5.74) is 5.14. The van der Waals surface area contributed by atoms with Crippen molar-refractivity contribution < 1.29 is 19.1 Å². The highest BCUT2D eigenvalue weighted by atomic mass is 16.5. The number of nitrogens with zero attached hydrogens (tertiary/aromatic N) is 1. The monoisotopic (exact) mass is 510 g/mol. The van der Waals surface area contributed by atoms with Crippen molar-refractivity contribution in [2.75, 3.05) is 13.2 Å². The van der Waals surface area contributed by atoms with E-state index >= 15 is 0 Å². The average molecular weight is 511 g/mol. The minimum absolute atomic E-state index is 0.0709. The van der Waals surface area contributed by atoms with Crippen LogP contribution < -0.4 is 10.1 Å². The Balaban J connectivity index is 1.55. The standard InChI is InChI=1S/C32H34N2O4/c1-4-37-31(35)17-14-27-21-34(24(3)32(36)33-19-18-25-8-6-5-7-9-25)30-16-15-28(20-29(27)30)38-22-26-12-10-23(2)11-13-26/h5-17,20-21,24H,4,18-19,22H2,1-3H3,(H,33,36). The summed E-state index contributed by atoms with van der Waals surface area (Å²) in [6, 6.07) is 23.7. The molecule has 6 heteroatoms. The minimum atomic E-state index is -0.447. The van der Waals surface area contributed by atoms with Crippen LogP contribution in [-0.2, 0) is 27.4 Å². The summed E-state index contributed by atoms with van der Waals surface area (Å²) in [7, 11) is 0. The number of ether oxygens (including phenoxy) is 2. The van der Waals surface area contributed by atoms with Gasteiger partial charge in [0.05, 0.1) is 6.61 Å². The Labute approximate surface area is 223 Å². The molecular weight excluding hydrogens is 476 g/mol. The van der Waals surface area contributed by atoms with Crippen LogP contribution in [0.15, 0.2) is 85.1 Å². The zero-order valence-corrected chi connectivity index (χ0v) is 22.1. The molecule has 1 heterocycles. The van der Waals surface area contributed by atoms with E-state index in [1.807, 2.05) is 54.1 Å². The first-order valence-corrected chi connectivity index (χ1v) is 12.9. The largest absolute Gasteiger partial charge is 0.489 e. The highest BCUT2D eigenvalue weighted by Gasteiger charge is 2.19. The van der Waals surface area contributed by atoms with Gasteiger partial charge >= 0.3 is 5.97 Å². The van der Waals surface area contributed by atoms with Gasteiger partial charge in [0.1, 0.15) is 18.4 Å². The van der Waals surface area contributed by atoms with Gasteiger partial charge in [-0.1, -0.05) is 60.2 Å². The number of aromatic nitrogens is 1. The molecular formula is C32H34N2O4. The number of hydrogen-bond acceptors (Lipinski definition) is 4. The SMILES string of the molecule is CCOC(=O)C=Cc1cn(C(C)C(=O)NCCc2ccccc2)c2ccc(OCc3ccc(C)cc3)cc12. The van der Waals surface area contributed by atoms with Gasteiger partial charge in [-0.15, -0.1) is 0 Å². The Hall–Kier alpha value is -4.32. The lowest BCUT2D eigenvalue weighted by atomic mass is 10.1. The predicted molar refractivity (Wildman–Crippen MR) is 151 cm³/mol. The fraction of sp³-hybridized carbons (Fsp3) is 0.250. The highest BCUT2D eigenvalue weighted by Crippen LogP contribution is 2.30. The van der Waals surface area contributed by atoms with Crippen LogP contribution in [0.4, 0.5) is 0 Å². The van der Waals surface area contributed by atoms with Crippen LogP contribution in [0, 0.1) is 6.92 Å². The fourth-order valence-corrected chi connectivity index (χ4v) is 4.25. The molecule has 0 saturated carbocycles. The Morgan fingerprint density at radius 1 is 1.00 bits per heavy atom. The molecule has 0 saturated heterocycles. The van der Waals surface area contributed by atoms with Crippen molar-refractivity contribution in [1.82, 2.24) is 9.88 Å². The Kier molecular flexibility index (Phi) is 8.98. The Morgan fingerprint density at radius 2 is 1.76 bits per heavy atom. The summed E-state index contributed by atoms with van der Waals surface area (Å²) in [5, 5.41) is 3.93. The predicted octanol–water partition coefficient (Wildman–Crippen LogP) is 6.02. The molecule has 0 fully saturated rings. The first kappa shape index (κ1) is 26.7.